The quantitative estimate of drug-likeness (QED) is 0.717. The van der Waals surface area contributed by atoms with Crippen molar-refractivity contribution in [1.82, 2.24) is 15.5 Å². The van der Waals surface area contributed by atoms with Gasteiger partial charge in [0.15, 0.2) is 0 Å². The predicted octanol–water partition coefficient (Wildman–Crippen LogP) is 1.75. The highest BCUT2D eigenvalue weighted by atomic mass is 16.3. The number of benzene rings is 1. The molecule has 1 aromatic rings. The lowest BCUT2D eigenvalue weighted by Gasteiger charge is -2.27. The van der Waals surface area contributed by atoms with Gasteiger partial charge < -0.3 is 20.6 Å². The molecule has 0 aromatic heterocycles. The Balaban J connectivity index is 2.71. The summed E-state index contributed by atoms with van der Waals surface area (Å²) >= 11 is 0. The number of urea groups is 1. The minimum absolute atomic E-state index is 0.0527. The molecule has 0 spiro atoms. The maximum atomic E-state index is 12.1. The highest BCUT2D eigenvalue weighted by molar-refractivity contribution is 5.75. The van der Waals surface area contributed by atoms with Crippen LogP contribution >= 0.6 is 0 Å². The van der Waals surface area contributed by atoms with Crippen molar-refractivity contribution in [2.24, 2.45) is 0 Å². The van der Waals surface area contributed by atoms with E-state index in [-0.39, 0.29) is 18.7 Å². The van der Waals surface area contributed by atoms with E-state index in [0.717, 1.165) is 18.5 Å². The fraction of sp³-hybridized carbons (Fsp3) is 0.562. The first-order valence-electron chi connectivity index (χ1n) is 7.23. The molecule has 5 nitrogen and oxygen atoms in total. The molecule has 0 unspecified atom stereocenters. The van der Waals surface area contributed by atoms with E-state index in [1.807, 2.05) is 44.4 Å². The van der Waals surface area contributed by atoms with Crippen LogP contribution in [0.3, 0.4) is 0 Å². The molecule has 3 N–H and O–H groups in total. The number of carbonyl (C=O) groups is 1. The van der Waals surface area contributed by atoms with Gasteiger partial charge in [-0.3, -0.25) is 0 Å². The van der Waals surface area contributed by atoms with Crippen LogP contribution in [0.4, 0.5) is 4.79 Å². The van der Waals surface area contributed by atoms with Crippen molar-refractivity contribution in [2.75, 3.05) is 27.2 Å². The number of nitrogens with one attached hydrogen (secondary N) is 2. The van der Waals surface area contributed by atoms with Gasteiger partial charge in [0.05, 0.1) is 18.2 Å². The van der Waals surface area contributed by atoms with Gasteiger partial charge >= 0.3 is 6.03 Å². The number of hydrogen-bond donors (Lipinski definition) is 3. The summed E-state index contributed by atoms with van der Waals surface area (Å²) in [6.07, 6.45) is 0.823. The maximum Gasteiger partial charge on any atom is 0.315 e. The van der Waals surface area contributed by atoms with Gasteiger partial charge in [-0.15, -0.1) is 0 Å². The second kappa shape index (κ2) is 8.00. The second-order valence-corrected chi connectivity index (χ2v) is 6.20. The molecule has 2 amide bonds. The summed E-state index contributed by atoms with van der Waals surface area (Å²) in [5, 5.41) is 15.0. The average Bonchev–Trinajstić information content (AvgIpc) is 2.43. The lowest BCUT2D eigenvalue weighted by Crippen LogP contribution is -2.51. The molecule has 0 aliphatic heterocycles. The third-order valence-corrected chi connectivity index (χ3v) is 3.22. The van der Waals surface area contributed by atoms with Crippen molar-refractivity contribution in [2.45, 2.75) is 31.8 Å². The lowest BCUT2D eigenvalue weighted by molar-refractivity contribution is 0.179. The molecule has 0 bridgehead atoms. The SMILES string of the molecule is CN(C)CC[C@H](NC(=O)NC(C)(C)CO)c1ccccc1. The van der Waals surface area contributed by atoms with Crippen molar-refractivity contribution in [1.29, 1.82) is 0 Å². The smallest absolute Gasteiger partial charge is 0.315 e. The van der Waals surface area contributed by atoms with Crippen molar-refractivity contribution >= 4 is 6.03 Å². The van der Waals surface area contributed by atoms with Crippen LogP contribution in [0.15, 0.2) is 30.3 Å². The van der Waals surface area contributed by atoms with Crippen molar-refractivity contribution in [3.8, 4) is 0 Å². The molecule has 0 aliphatic rings. The van der Waals surface area contributed by atoms with E-state index in [9.17, 15) is 9.90 Å². The molecule has 0 heterocycles. The van der Waals surface area contributed by atoms with Crippen LogP contribution in [0.2, 0.25) is 0 Å². The average molecular weight is 293 g/mol. The Hall–Kier alpha value is -1.59. The third kappa shape index (κ3) is 6.60. The Morgan fingerprint density at radius 2 is 1.90 bits per heavy atom. The summed E-state index contributed by atoms with van der Waals surface area (Å²) in [6, 6.07) is 9.60. The number of carbonyl (C=O) groups excluding carboxylic acids is 1. The summed E-state index contributed by atoms with van der Waals surface area (Å²) < 4.78 is 0. The Kier molecular flexibility index (Phi) is 6.65. The molecular weight excluding hydrogens is 266 g/mol. The normalized spacial score (nSPS) is 13.0. The van der Waals surface area contributed by atoms with E-state index >= 15 is 0 Å². The molecule has 0 saturated carbocycles. The van der Waals surface area contributed by atoms with Gasteiger partial charge in [-0.1, -0.05) is 30.3 Å². The van der Waals surface area contributed by atoms with Crippen LogP contribution in [-0.4, -0.2) is 48.8 Å². The van der Waals surface area contributed by atoms with Crippen molar-refractivity contribution in [3.05, 3.63) is 35.9 Å². The maximum absolute atomic E-state index is 12.1. The van der Waals surface area contributed by atoms with Gasteiger partial charge in [0, 0.05) is 0 Å². The molecule has 0 fully saturated rings. The van der Waals surface area contributed by atoms with Crippen molar-refractivity contribution < 1.29 is 9.90 Å². The minimum atomic E-state index is -0.632. The zero-order valence-electron chi connectivity index (χ0n) is 13.4. The standard InChI is InChI=1S/C16H27N3O2/c1-16(2,12-20)18-15(21)17-14(10-11-19(3)4)13-8-6-5-7-9-13/h5-9,14,20H,10-12H2,1-4H3,(H2,17,18,21)/t14-/m0/s1. The van der Waals surface area contributed by atoms with Gasteiger partial charge in [-0.25, -0.2) is 4.79 Å². The number of hydrogen-bond acceptors (Lipinski definition) is 3. The van der Waals surface area contributed by atoms with Crippen molar-refractivity contribution in [3.63, 3.8) is 0 Å². The zero-order chi connectivity index (χ0) is 15.9. The Morgan fingerprint density at radius 3 is 2.43 bits per heavy atom. The van der Waals surface area contributed by atoms with E-state index in [1.165, 1.54) is 0 Å². The zero-order valence-corrected chi connectivity index (χ0v) is 13.4. The third-order valence-electron chi connectivity index (χ3n) is 3.22. The molecule has 0 radical (unpaired) electrons. The molecule has 0 saturated heterocycles. The van der Waals surface area contributed by atoms with E-state index in [1.54, 1.807) is 13.8 Å². The minimum Gasteiger partial charge on any atom is -0.394 e. The predicted molar refractivity (Wildman–Crippen MR) is 85.2 cm³/mol. The number of amides is 2. The summed E-state index contributed by atoms with van der Waals surface area (Å²) in [5.74, 6) is 0. The van der Waals surface area contributed by atoms with Crippen LogP contribution < -0.4 is 10.6 Å². The topological polar surface area (TPSA) is 64.6 Å². The van der Waals surface area contributed by atoms with Gasteiger partial charge in [0.25, 0.3) is 0 Å². The van der Waals surface area contributed by atoms with Crippen LogP contribution in [0.25, 0.3) is 0 Å². The molecule has 21 heavy (non-hydrogen) atoms. The van der Waals surface area contributed by atoms with E-state index in [4.69, 9.17) is 0 Å². The second-order valence-electron chi connectivity index (χ2n) is 6.20. The van der Waals surface area contributed by atoms with E-state index < -0.39 is 5.54 Å². The molecule has 0 aliphatic carbocycles. The van der Waals surface area contributed by atoms with Crippen LogP contribution in [0, 0.1) is 0 Å². The first kappa shape index (κ1) is 17.5. The molecule has 118 valence electrons. The Morgan fingerprint density at radius 1 is 1.29 bits per heavy atom. The Bertz CT molecular complexity index is 432. The lowest BCUT2D eigenvalue weighted by atomic mass is 10.0. The number of rotatable bonds is 7. The first-order chi connectivity index (χ1) is 9.84. The number of nitrogens with zero attached hydrogens (tertiary/aromatic N) is 1. The summed E-state index contributed by atoms with van der Waals surface area (Å²) in [7, 11) is 4.02. The van der Waals surface area contributed by atoms with Gasteiger partial charge in [-0.05, 0) is 46.5 Å². The molecule has 5 heteroatoms. The fourth-order valence-electron chi connectivity index (χ4n) is 1.94. The molecule has 1 rings (SSSR count). The Labute approximate surface area is 127 Å². The first-order valence-corrected chi connectivity index (χ1v) is 7.23. The van der Waals surface area contributed by atoms with Crippen LogP contribution in [0.1, 0.15) is 31.9 Å². The van der Waals surface area contributed by atoms with Gasteiger partial charge in [0.1, 0.15) is 0 Å². The summed E-state index contributed by atoms with van der Waals surface area (Å²) in [5.41, 5.74) is 0.448. The van der Waals surface area contributed by atoms with Gasteiger partial charge in [-0.2, -0.15) is 0 Å². The van der Waals surface area contributed by atoms with E-state index in [2.05, 4.69) is 15.5 Å². The fourth-order valence-corrected chi connectivity index (χ4v) is 1.94. The molecular formula is C16H27N3O2. The number of aliphatic hydroxyl groups is 1. The van der Waals surface area contributed by atoms with Crippen LogP contribution in [0.5, 0.6) is 0 Å². The summed E-state index contributed by atoms with van der Waals surface area (Å²) in [6.45, 7) is 4.34. The molecule has 1 atom stereocenters. The van der Waals surface area contributed by atoms with Gasteiger partial charge in [0.2, 0.25) is 0 Å². The molecule has 1 aromatic carbocycles. The highest BCUT2D eigenvalue weighted by Gasteiger charge is 2.21. The monoisotopic (exact) mass is 293 g/mol. The van der Waals surface area contributed by atoms with E-state index in [0.29, 0.717) is 0 Å². The highest BCUT2D eigenvalue weighted by Crippen LogP contribution is 2.16. The van der Waals surface area contributed by atoms with Crippen LogP contribution in [-0.2, 0) is 0 Å². The number of aliphatic hydroxyl groups excluding tert-OH is 1. The largest absolute Gasteiger partial charge is 0.394 e. The summed E-state index contributed by atoms with van der Waals surface area (Å²) in [4.78, 5) is 14.2.